The van der Waals surface area contributed by atoms with E-state index in [4.69, 9.17) is 0 Å². The van der Waals surface area contributed by atoms with Crippen LogP contribution in [0.5, 0.6) is 0 Å². The summed E-state index contributed by atoms with van der Waals surface area (Å²) < 4.78 is 1.79. The third-order valence-electron chi connectivity index (χ3n) is 3.28. The summed E-state index contributed by atoms with van der Waals surface area (Å²) in [4.78, 5) is 11.7. The van der Waals surface area contributed by atoms with Gasteiger partial charge < -0.3 is 5.32 Å². The molecule has 1 aliphatic rings. The molecule has 2 heterocycles. The molecule has 0 saturated heterocycles. The summed E-state index contributed by atoms with van der Waals surface area (Å²) in [5.41, 5.74) is 5.04. The Hall–Kier alpha value is -2.10. The molecule has 0 saturated carbocycles. The van der Waals surface area contributed by atoms with Crippen molar-refractivity contribution in [3.8, 4) is 11.3 Å². The zero-order valence-electron chi connectivity index (χ0n) is 10.5. The highest BCUT2D eigenvalue weighted by molar-refractivity contribution is 5.94. The van der Waals surface area contributed by atoms with Crippen molar-refractivity contribution in [3.63, 3.8) is 0 Å². The van der Waals surface area contributed by atoms with Crippen LogP contribution in [0, 0.1) is 13.8 Å². The fraction of sp³-hybridized carbons (Fsp3) is 0.286. The lowest BCUT2D eigenvalue weighted by atomic mass is 10.0. The molecule has 0 bridgehead atoms. The van der Waals surface area contributed by atoms with E-state index in [1.54, 1.807) is 4.68 Å². The van der Waals surface area contributed by atoms with Crippen LogP contribution in [0.25, 0.3) is 11.3 Å². The average Bonchev–Trinajstić information content (AvgIpc) is 2.74. The molecular formula is C14H15N3O. The minimum Gasteiger partial charge on any atom is -0.349 e. The third kappa shape index (κ3) is 1.70. The van der Waals surface area contributed by atoms with Gasteiger partial charge in [-0.2, -0.15) is 5.10 Å². The molecule has 18 heavy (non-hydrogen) atoms. The first-order chi connectivity index (χ1) is 8.65. The van der Waals surface area contributed by atoms with Gasteiger partial charge in [-0.3, -0.25) is 9.48 Å². The summed E-state index contributed by atoms with van der Waals surface area (Å²) in [7, 11) is 0. The molecule has 1 aromatic carbocycles. The molecule has 1 aromatic heterocycles. The first-order valence-corrected chi connectivity index (χ1v) is 6.09. The quantitative estimate of drug-likeness (QED) is 0.829. The molecule has 0 fully saturated rings. The van der Waals surface area contributed by atoms with Crippen LogP contribution in [0.2, 0.25) is 0 Å². The number of benzene rings is 1. The molecule has 0 atom stereocenters. The molecule has 0 radical (unpaired) electrons. The number of nitrogens with zero attached hydrogens (tertiary/aromatic N) is 2. The molecule has 1 amide bonds. The van der Waals surface area contributed by atoms with Gasteiger partial charge in [0, 0.05) is 12.1 Å². The Bertz CT molecular complexity index is 628. The highest BCUT2D eigenvalue weighted by atomic mass is 16.2. The molecule has 4 nitrogen and oxygen atoms in total. The Morgan fingerprint density at radius 2 is 2.11 bits per heavy atom. The van der Waals surface area contributed by atoms with Crippen molar-refractivity contribution in [3.05, 3.63) is 41.1 Å². The van der Waals surface area contributed by atoms with Gasteiger partial charge in [0.15, 0.2) is 0 Å². The first kappa shape index (κ1) is 11.0. The normalized spacial score (nSPS) is 14.2. The molecule has 92 valence electrons. The van der Waals surface area contributed by atoms with Crippen molar-refractivity contribution in [1.82, 2.24) is 15.1 Å². The second-order valence-corrected chi connectivity index (χ2v) is 4.71. The van der Waals surface area contributed by atoms with Gasteiger partial charge >= 0.3 is 0 Å². The van der Waals surface area contributed by atoms with Crippen LogP contribution >= 0.6 is 0 Å². The second-order valence-electron chi connectivity index (χ2n) is 4.71. The van der Waals surface area contributed by atoms with E-state index >= 15 is 0 Å². The van der Waals surface area contributed by atoms with E-state index in [0.717, 1.165) is 17.8 Å². The van der Waals surface area contributed by atoms with E-state index in [-0.39, 0.29) is 5.91 Å². The molecule has 1 N–H and O–H groups in total. The maximum absolute atomic E-state index is 11.7. The number of hydrogen-bond acceptors (Lipinski definition) is 2. The molecule has 3 rings (SSSR count). The van der Waals surface area contributed by atoms with Gasteiger partial charge in [-0.15, -0.1) is 0 Å². The lowest BCUT2D eigenvalue weighted by molar-refractivity contribution is 0.0924. The highest BCUT2D eigenvalue weighted by Crippen LogP contribution is 2.24. The van der Waals surface area contributed by atoms with Crippen LogP contribution in [0.3, 0.4) is 0 Å². The number of carbonyl (C=O) groups excluding carboxylic acids is 1. The molecular weight excluding hydrogens is 226 g/mol. The standard InChI is InChI=1S/C14H15N3O/c1-9-3-4-11(10(2)7-9)12-8-13-14(18)15-5-6-17(13)16-12/h3-4,7-8H,5-6H2,1-2H3,(H,15,18). The number of hydrogen-bond donors (Lipinski definition) is 1. The van der Waals surface area contributed by atoms with E-state index < -0.39 is 0 Å². The molecule has 0 spiro atoms. The van der Waals surface area contributed by atoms with Gasteiger partial charge in [0.1, 0.15) is 5.69 Å². The van der Waals surface area contributed by atoms with Gasteiger partial charge in [0.2, 0.25) is 0 Å². The summed E-state index contributed by atoms with van der Waals surface area (Å²) in [6.45, 7) is 5.54. The van der Waals surface area contributed by atoms with Crippen LogP contribution in [-0.4, -0.2) is 22.2 Å². The third-order valence-corrected chi connectivity index (χ3v) is 3.28. The topological polar surface area (TPSA) is 46.9 Å². The average molecular weight is 241 g/mol. The van der Waals surface area contributed by atoms with Crippen LogP contribution < -0.4 is 5.32 Å². The number of fused-ring (bicyclic) bond motifs is 1. The van der Waals surface area contributed by atoms with Crippen molar-refractivity contribution in [2.75, 3.05) is 6.54 Å². The van der Waals surface area contributed by atoms with Gasteiger partial charge in [-0.25, -0.2) is 0 Å². The minimum atomic E-state index is -0.0373. The monoisotopic (exact) mass is 241 g/mol. The molecule has 0 unspecified atom stereocenters. The summed E-state index contributed by atoms with van der Waals surface area (Å²) in [6, 6.07) is 8.14. The minimum absolute atomic E-state index is 0.0373. The van der Waals surface area contributed by atoms with Crippen LogP contribution in [0.1, 0.15) is 21.6 Å². The summed E-state index contributed by atoms with van der Waals surface area (Å²) in [5.74, 6) is -0.0373. The van der Waals surface area contributed by atoms with Gasteiger partial charge in [-0.1, -0.05) is 23.8 Å². The maximum Gasteiger partial charge on any atom is 0.269 e. The van der Waals surface area contributed by atoms with Crippen molar-refractivity contribution in [2.24, 2.45) is 0 Å². The Morgan fingerprint density at radius 1 is 1.28 bits per heavy atom. The maximum atomic E-state index is 11.7. The fourth-order valence-corrected chi connectivity index (χ4v) is 2.37. The number of aryl methyl sites for hydroxylation is 2. The zero-order valence-corrected chi connectivity index (χ0v) is 10.5. The SMILES string of the molecule is Cc1ccc(-c2cc3n(n2)CCNC3=O)c(C)c1. The Kier molecular flexibility index (Phi) is 2.44. The van der Waals surface area contributed by atoms with E-state index in [1.807, 2.05) is 6.07 Å². The Labute approximate surface area is 106 Å². The van der Waals surface area contributed by atoms with Crippen molar-refractivity contribution < 1.29 is 4.79 Å². The number of amides is 1. The summed E-state index contributed by atoms with van der Waals surface area (Å²) in [5, 5.41) is 7.34. The van der Waals surface area contributed by atoms with Crippen molar-refractivity contribution in [1.29, 1.82) is 0 Å². The Morgan fingerprint density at radius 3 is 2.83 bits per heavy atom. The van der Waals surface area contributed by atoms with E-state index in [1.165, 1.54) is 11.1 Å². The predicted molar refractivity (Wildman–Crippen MR) is 69.5 cm³/mol. The zero-order chi connectivity index (χ0) is 12.7. The lowest BCUT2D eigenvalue weighted by Gasteiger charge is -2.13. The predicted octanol–water partition coefficient (Wildman–Crippen LogP) is 1.91. The molecule has 0 aliphatic carbocycles. The van der Waals surface area contributed by atoms with E-state index in [2.05, 4.69) is 42.5 Å². The number of aromatic nitrogens is 2. The van der Waals surface area contributed by atoms with Crippen molar-refractivity contribution in [2.45, 2.75) is 20.4 Å². The van der Waals surface area contributed by atoms with Crippen LogP contribution in [-0.2, 0) is 6.54 Å². The summed E-state index contributed by atoms with van der Waals surface area (Å²) >= 11 is 0. The number of carbonyl (C=O) groups is 1. The molecule has 2 aromatic rings. The highest BCUT2D eigenvalue weighted by Gasteiger charge is 2.20. The van der Waals surface area contributed by atoms with E-state index in [9.17, 15) is 4.79 Å². The largest absolute Gasteiger partial charge is 0.349 e. The number of nitrogens with one attached hydrogen (secondary N) is 1. The second kappa shape index (κ2) is 3.98. The van der Waals surface area contributed by atoms with E-state index in [0.29, 0.717) is 12.2 Å². The summed E-state index contributed by atoms with van der Waals surface area (Å²) in [6.07, 6.45) is 0. The van der Waals surface area contributed by atoms with Crippen LogP contribution in [0.4, 0.5) is 0 Å². The lowest BCUT2D eigenvalue weighted by Crippen LogP contribution is -2.35. The fourth-order valence-electron chi connectivity index (χ4n) is 2.37. The molecule has 1 aliphatic heterocycles. The van der Waals surface area contributed by atoms with Gasteiger partial charge in [-0.05, 0) is 25.5 Å². The van der Waals surface area contributed by atoms with Crippen LogP contribution in [0.15, 0.2) is 24.3 Å². The van der Waals surface area contributed by atoms with Crippen molar-refractivity contribution >= 4 is 5.91 Å². The smallest absolute Gasteiger partial charge is 0.269 e. The van der Waals surface area contributed by atoms with Gasteiger partial charge in [0.05, 0.1) is 12.2 Å². The number of rotatable bonds is 1. The van der Waals surface area contributed by atoms with Gasteiger partial charge in [0.25, 0.3) is 5.91 Å². The first-order valence-electron chi connectivity index (χ1n) is 6.09. The Balaban J connectivity index is 2.10. The molecule has 4 heteroatoms.